The van der Waals surface area contributed by atoms with Gasteiger partial charge in [-0.15, -0.1) is 35.3 Å². The number of nitrogens with zero attached hydrogens (tertiary/aromatic N) is 4. The normalized spacial score (nSPS) is 21.2. The molecular weight excluding hydrogens is 507 g/mol. The molecule has 6 nitrogen and oxygen atoms in total. The van der Waals surface area contributed by atoms with Crippen molar-refractivity contribution in [3.05, 3.63) is 22.4 Å². The zero-order valence-electron chi connectivity index (χ0n) is 19.0. The van der Waals surface area contributed by atoms with Crippen molar-refractivity contribution in [1.29, 1.82) is 0 Å². The van der Waals surface area contributed by atoms with Gasteiger partial charge in [0.05, 0.1) is 6.04 Å². The Balaban J connectivity index is 0.00000320. The summed E-state index contributed by atoms with van der Waals surface area (Å²) in [6.07, 6.45) is 2.64. The molecule has 0 bridgehead atoms. The summed E-state index contributed by atoms with van der Waals surface area (Å²) in [4.78, 5) is 13.7. The van der Waals surface area contributed by atoms with Gasteiger partial charge in [0.1, 0.15) is 0 Å². The molecule has 2 atom stereocenters. The number of piperazine rings is 1. The van der Waals surface area contributed by atoms with Crippen LogP contribution in [0, 0.1) is 5.92 Å². The first-order chi connectivity index (χ1) is 14.2. The van der Waals surface area contributed by atoms with Crippen LogP contribution in [-0.4, -0.2) is 93.2 Å². The van der Waals surface area contributed by atoms with Gasteiger partial charge in [-0.3, -0.25) is 9.89 Å². The monoisotopic (exact) mass is 548 g/mol. The van der Waals surface area contributed by atoms with Crippen molar-refractivity contribution in [1.82, 2.24) is 25.3 Å². The van der Waals surface area contributed by atoms with Gasteiger partial charge in [-0.05, 0) is 49.8 Å². The van der Waals surface area contributed by atoms with E-state index in [-0.39, 0.29) is 24.0 Å². The van der Waals surface area contributed by atoms with Crippen LogP contribution in [0.3, 0.4) is 0 Å². The number of hydrogen-bond acceptors (Lipinski definition) is 5. The Bertz CT molecular complexity index is 597. The van der Waals surface area contributed by atoms with Crippen molar-refractivity contribution >= 4 is 41.3 Å². The topological polar surface area (TPSA) is 46.1 Å². The van der Waals surface area contributed by atoms with Crippen LogP contribution in [0.5, 0.6) is 0 Å². The number of nitrogens with one attached hydrogen (secondary N) is 2. The maximum Gasteiger partial charge on any atom is 0.191 e. The van der Waals surface area contributed by atoms with Gasteiger partial charge in [-0.1, -0.05) is 19.9 Å². The third-order valence-electron chi connectivity index (χ3n) is 6.24. The number of likely N-dealkylation sites (tertiary alicyclic amines) is 1. The molecule has 2 N–H and O–H groups in total. The maximum atomic E-state index is 4.47. The second kappa shape index (κ2) is 13.9. The minimum atomic E-state index is 0. The molecule has 2 aliphatic rings. The third kappa shape index (κ3) is 7.93. The van der Waals surface area contributed by atoms with Gasteiger partial charge < -0.3 is 20.4 Å². The first-order valence-electron chi connectivity index (χ1n) is 11.4. The van der Waals surface area contributed by atoms with Crippen molar-refractivity contribution in [2.24, 2.45) is 10.9 Å². The predicted molar refractivity (Wildman–Crippen MR) is 140 cm³/mol. The van der Waals surface area contributed by atoms with Crippen molar-refractivity contribution in [3.8, 4) is 0 Å². The summed E-state index contributed by atoms with van der Waals surface area (Å²) in [5, 5.41) is 9.34. The number of hydrogen-bond donors (Lipinski definition) is 2. The number of likely N-dealkylation sites (N-methyl/N-ethyl adjacent to an activating group) is 1. The molecule has 172 valence electrons. The van der Waals surface area contributed by atoms with Crippen molar-refractivity contribution in [2.45, 2.75) is 32.7 Å². The lowest BCUT2D eigenvalue weighted by Gasteiger charge is -2.35. The van der Waals surface area contributed by atoms with Crippen LogP contribution in [-0.2, 0) is 0 Å². The predicted octanol–water partition coefficient (Wildman–Crippen LogP) is 2.94. The van der Waals surface area contributed by atoms with E-state index >= 15 is 0 Å². The van der Waals surface area contributed by atoms with Gasteiger partial charge in [-0.25, -0.2) is 0 Å². The molecule has 0 aliphatic carbocycles. The van der Waals surface area contributed by atoms with Gasteiger partial charge in [0.15, 0.2) is 5.96 Å². The molecule has 1 aromatic heterocycles. The Morgan fingerprint density at radius 3 is 2.33 bits per heavy atom. The van der Waals surface area contributed by atoms with Gasteiger partial charge in [0, 0.05) is 57.7 Å². The van der Waals surface area contributed by atoms with E-state index < -0.39 is 0 Å². The third-order valence-corrected chi connectivity index (χ3v) is 7.21. The van der Waals surface area contributed by atoms with Crippen LogP contribution >= 0.6 is 35.3 Å². The summed E-state index contributed by atoms with van der Waals surface area (Å²) in [6, 6.07) is 4.88. The average molecular weight is 549 g/mol. The van der Waals surface area contributed by atoms with E-state index in [2.05, 4.69) is 61.7 Å². The lowest BCUT2D eigenvalue weighted by Crippen LogP contribution is -2.49. The molecule has 0 aromatic carbocycles. The zero-order valence-corrected chi connectivity index (χ0v) is 22.1. The van der Waals surface area contributed by atoms with Gasteiger partial charge in [-0.2, -0.15) is 0 Å². The Kier molecular flexibility index (Phi) is 12.0. The molecular formula is C22H41IN6S. The molecule has 8 heteroatoms. The summed E-state index contributed by atoms with van der Waals surface area (Å²) in [5.41, 5.74) is 0. The van der Waals surface area contributed by atoms with Crippen LogP contribution in [0.25, 0.3) is 0 Å². The quantitative estimate of drug-likeness (QED) is 0.283. The van der Waals surface area contributed by atoms with Crippen LogP contribution in [0.1, 0.15) is 37.6 Å². The smallest absolute Gasteiger partial charge is 0.191 e. The van der Waals surface area contributed by atoms with E-state index in [1.807, 2.05) is 18.4 Å². The van der Waals surface area contributed by atoms with Gasteiger partial charge >= 0.3 is 0 Å². The fraction of sp³-hybridized carbons (Fsp3) is 0.773. The highest BCUT2D eigenvalue weighted by Gasteiger charge is 2.24. The average Bonchev–Trinajstić information content (AvgIpc) is 3.46. The first kappa shape index (κ1) is 25.8. The summed E-state index contributed by atoms with van der Waals surface area (Å²) in [5.74, 6) is 1.53. The van der Waals surface area contributed by atoms with Crippen LogP contribution in [0.15, 0.2) is 22.5 Å². The lowest BCUT2D eigenvalue weighted by molar-refractivity contribution is 0.124. The fourth-order valence-corrected chi connectivity index (χ4v) is 5.28. The Hall–Kier alpha value is -0.420. The van der Waals surface area contributed by atoms with Crippen LogP contribution < -0.4 is 10.6 Å². The molecule has 2 aliphatic heterocycles. The van der Waals surface area contributed by atoms with E-state index in [1.165, 1.54) is 63.5 Å². The highest BCUT2D eigenvalue weighted by Crippen LogP contribution is 2.27. The Labute approximate surface area is 204 Å². The standard InChI is InChI=1S/C22H40N6S.HI/c1-4-26-11-13-27(14-12-26)18-19(2)16-24-22(23-3)25-17-20(21-8-7-15-29-21)28-9-5-6-10-28;/h7-8,15,19-20H,4-6,9-14,16-18H2,1-3H3,(H2,23,24,25);1H. The number of rotatable bonds is 9. The molecule has 2 fully saturated rings. The molecule has 3 heterocycles. The largest absolute Gasteiger partial charge is 0.356 e. The second-order valence-electron chi connectivity index (χ2n) is 8.45. The first-order valence-corrected chi connectivity index (χ1v) is 12.2. The molecule has 0 saturated carbocycles. The number of halogens is 1. The molecule has 2 saturated heterocycles. The van der Waals surface area contributed by atoms with Crippen molar-refractivity contribution in [3.63, 3.8) is 0 Å². The van der Waals surface area contributed by atoms with E-state index in [4.69, 9.17) is 0 Å². The molecule has 2 unspecified atom stereocenters. The van der Waals surface area contributed by atoms with E-state index in [1.54, 1.807) is 0 Å². The number of thiophene rings is 1. The molecule has 0 amide bonds. The van der Waals surface area contributed by atoms with Gasteiger partial charge in [0.2, 0.25) is 0 Å². The minimum absolute atomic E-state index is 0. The second-order valence-corrected chi connectivity index (χ2v) is 9.43. The van der Waals surface area contributed by atoms with Crippen molar-refractivity contribution < 1.29 is 0 Å². The fourth-order valence-electron chi connectivity index (χ4n) is 4.42. The summed E-state index contributed by atoms with van der Waals surface area (Å²) in [6.45, 7) is 16.0. The van der Waals surface area contributed by atoms with E-state index in [0.717, 1.165) is 25.6 Å². The highest BCUT2D eigenvalue weighted by atomic mass is 127. The summed E-state index contributed by atoms with van der Waals surface area (Å²) < 4.78 is 0. The van der Waals surface area contributed by atoms with E-state index in [9.17, 15) is 0 Å². The lowest BCUT2D eigenvalue weighted by atomic mass is 10.1. The van der Waals surface area contributed by atoms with Crippen LogP contribution in [0.2, 0.25) is 0 Å². The maximum absolute atomic E-state index is 4.47. The molecule has 1 aromatic rings. The Morgan fingerprint density at radius 2 is 1.73 bits per heavy atom. The van der Waals surface area contributed by atoms with Crippen LogP contribution in [0.4, 0.5) is 0 Å². The summed E-state index contributed by atoms with van der Waals surface area (Å²) >= 11 is 1.87. The molecule has 30 heavy (non-hydrogen) atoms. The molecule has 0 spiro atoms. The minimum Gasteiger partial charge on any atom is -0.356 e. The van der Waals surface area contributed by atoms with Gasteiger partial charge in [0.25, 0.3) is 0 Å². The molecule has 3 rings (SSSR count). The van der Waals surface area contributed by atoms with E-state index in [0.29, 0.717) is 12.0 Å². The summed E-state index contributed by atoms with van der Waals surface area (Å²) in [7, 11) is 1.87. The zero-order chi connectivity index (χ0) is 20.5. The number of guanidine groups is 1. The SMILES string of the molecule is CCN1CCN(CC(C)CNC(=NC)NCC(c2cccs2)N2CCCC2)CC1.I. The number of aliphatic imine (C=N–C) groups is 1. The van der Waals surface area contributed by atoms with Crippen molar-refractivity contribution in [2.75, 3.05) is 72.5 Å². The molecule has 0 radical (unpaired) electrons. The highest BCUT2D eigenvalue weighted by molar-refractivity contribution is 14.0. The Morgan fingerprint density at radius 1 is 1.07 bits per heavy atom.